The third-order valence-electron chi connectivity index (χ3n) is 3.25. The highest BCUT2D eigenvalue weighted by Gasteiger charge is 2.04. The van der Waals surface area contributed by atoms with E-state index in [9.17, 15) is 0 Å². The maximum absolute atomic E-state index is 5.01. The predicted molar refractivity (Wildman–Crippen MR) is 80.5 cm³/mol. The molecule has 1 heterocycles. The van der Waals surface area contributed by atoms with Gasteiger partial charge >= 0.3 is 0 Å². The molecule has 0 aliphatic heterocycles. The van der Waals surface area contributed by atoms with Crippen molar-refractivity contribution in [1.82, 2.24) is 5.32 Å². The van der Waals surface area contributed by atoms with E-state index < -0.39 is 0 Å². The average Bonchev–Trinajstić information content (AvgIpc) is 2.84. The van der Waals surface area contributed by atoms with Crippen LogP contribution in [-0.4, -0.2) is 26.8 Å². The van der Waals surface area contributed by atoms with Crippen LogP contribution in [0.4, 0.5) is 0 Å². The van der Waals surface area contributed by atoms with Gasteiger partial charge in [0.15, 0.2) is 0 Å². The molecule has 2 nitrogen and oxygen atoms in total. The molecule has 1 N–H and O–H groups in total. The fourth-order valence-electron chi connectivity index (χ4n) is 1.93. The van der Waals surface area contributed by atoms with Gasteiger partial charge in [0, 0.05) is 23.4 Å². The summed E-state index contributed by atoms with van der Waals surface area (Å²) in [5, 5.41) is 3.41. The Morgan fingerprint density at radius 2 is 2.00 bits per heavy atom. The molecule has 1 unspecified atom stereocenters. The lowest BCUT2D eigenvalue weighted by Crippen LogP contribution is -2.21. The summed E-state index contributed by atoms with van der Waals surface area (Å²) in [6.07, 6.45) is 4.97. The number of thiophene rings is 1. The lowest BCUT2D eigenvalue weighted by Gasteiger charge is -2.11. The van der Waals surface area contributed by atoms with Crippen molar-refractivity contribution in [2.24, 2.45) is 5.92 Å². The molecule has 0 saturated heterocycles. The molecule has 1 atom stereocenters. The van der Waals surface area contributed by atoms with Crippen molar-refractivity contribution in [3.8, 4) is 0 Å². The lowest BCUT2D eigenvalue weighted by molar-refractivity contribution is 0.199. The second-order valence-corrected chi connectivity index (χ2v) is 6.15. The van der Waals surface area contributed by atoms with Gasteiger partial charge in [-0.2, -0.15) is 0 Å². The van der Waals surface area contributed by atoms with Crippen LogP contribution in [0.25, 0.3) is 0 Å². The molecule has 0 radical (unpaired) electrons. The van der Waals surface area contributed by atoms with Crippen molar-refractivity contribution >= 4 is 11.3 Å². The molecule has 0 amide bonds. The van der Waals surface area contributed by atoms with E-state index in [0.29, 0.717) is 0 Å². The topological polar surface area (TPSA) is 21.3 Å². The van der Waals surface area contributed by atoms with Crippen LogP contribution in [0, 0.1) is 5.92 Å². The van der Waals surface area contributed by atoms with Crippen LogP contribution < -0.4 is 5.32 Å². The second kappa shape index (κ2) is 9.54. The maximum atomic E-state index is 5.01. The summed E-state index contributed by atoms with van der Waals surface area (Å²) in [6.45, 7) is 7.46. The molecule has 1 rings (SSSR count). The van der Waals surface area contributed by atoms with Crippen LogP contribution in [0.3, 0.4) is 0 Å². The van der Waals surface area contributed by atoms with E-state index in [4.69, 9.17) is 4.74 Å². The molecule has 0 fully saturated rings. The third kappa shape index (κ3) is 6.53. The summed E-state index contributed by atoms with van der Waals surface area (Å²) >= 11 is 1.98. The summed E-state index contributed by atoms with van der Waals surface area (Å²) in [6, 6.07) is 4.57. The zero-order valence-corrected chi connectivity index (χ0v) is 12.8. The first-order valence-electron chi connectivity index (χ1n) is 7.03. The zero-order chi connectivity index (χ0) is 13.2. The van der Waals surface area contributed by atoms with Crippen LogP contribution in [0.2, 0.25) is 0 Å². The molecule has 0 spiro atoms. The minimum Gasteiger partial charge on any atom is -0.383 e. The number of aryl methyl sites for hydroxylation is 2. The molecule has 3 heteroatoms. The Morgan fingerprint density at radius 3 is 2.67 bits per heavy atom. The number of methoxy groups -OCH3 is 1. The van der Waals surface area contributed by atoms with E-state index in [1.165, 1.54) is 30.6 Å². The highest BCUT2D eigenvalue weighted by Crippen LogP contribution is 2.20. The minimum absolute atomic E-state index is 0.798. The lowest BCUT2D eigenvalue weighted by atomic mass is 10.0. The quantitative estimate of drug-likeness (QED) is 0.656. The first-order chi connectivity index (χ1) is 8.76. The molecule has 0 bridgehead atoms. The molecule has 18 heavy (non-hydrogen) atoms. The summed E-state index contributed by atoms with van der Waals surface area (Å²) < 4.78 is 5.01. The van der Waals surface area contributed by atoms with Gasteiger partial charge in [-0.3, -0.25) is 0 Å². The van der Waals surface area contributed by atoms with Crippen molar-refractivity contribution in [3.63, 3.8) is 0 Å². The summed E-state index contributed by atoms with van der Waals surface area (Å²) in [4.78, 5) is 3.06. The highest BCUT2D eigenvalue weighted by atomic mass is 32.1. The van der Waals surface area contributed by atoms with Crippen molar-refractivity contribution in [2.45, 2.75) is 39.5 Å². The van der Waals surface area contributed by atoms with Gasteiger partial charge < -0.3 is 10.1 Å². The first-order valence-corrected chi connectivity index (χ1v) is 7.85. The van der Waals surface area contributed by atoms with Gasteiger partial charge in [-0.05, 0) is 50.3 Å². The normalized spacial score (nSPS) is 12.8. The highest BCUT2D eigenvalue weighted by molar-refractivity contribution is 7.11. The van der Waals surface area contributed by atoms with E-state index in [2.05, 4.69) is 31.3 Å². The van der Waals surface area contributed by atoms with E-state index in [-0.39, 0.29) is 0 Å². The van der Waals surface area contributed by atoms with Gasteiger partial charge in [-0.25, -0.2) is 0 Å². The molecule has 0 aliphatic carbocycles. The largest absolute Gasteiger partial charge is 0.383 e. The van der Waals surface area contributed by atoms with E-state index in [1.54, 1.807) is 12.0 Å². The zero-order valence-electron chi connectivity index (χ0n) is 12.0. The molecule has 0 aliphatic rings. The number of rotatable bonds is 10. The number of nitrogens with one attached hydrogen (secondary N) is 1. The number of hydrogen-bond donors (Lipinski definition) is 1. The minimum atomic E-state index is 0.798. The summed E-state index contributed by atoms with van der Waals surface area (Å²) in [7, 11) is 1.75. The van der Waals surface area contributed by atoms with Crippen LogP contribution in [0.5, 0.6) is 0 Å². The first kappa shape index (κ1) is 15.7. The summed E-state index contributed by atoms with van der Waals surface area (Å²) in [5.74, 6) is 0.798. The van der Waals surface area contributed by atoms with Crippen molar-refractivity contribution < 1.29 is 4.74 Å². The fourth-order valence-corrected chi connectivity index (χ4v) is 2.90. The van der Waals surface area contributed by atoms with Gasteiger partial charge in [-0.1, -0.05) is 13.8 Å². The number of hydrogen-bond acceptors (Lipinski definition) is 3. The van der Waals surface area contributed by atoms with Gasteiger partial charge in [0.25, 0.3) is 0 Å². The number of ether oxygens (including phenoxy) is 1. The summed E-state index contributed by atoms with van der Waals surface area (Å²) in [5.41, 5.74) is 0. The SMILES string of the molecule is CCc1ccc(CCC(C)CCNCCOC)s1. The van der Waals surface area contributed by atoms with Gasteiger partial charge in [0.1, 0.15) is 0 Å². The third-order valence-corrected chi connectivity index (χ3v) is 4.54. The fraction of sp³-hybridized carbons (Fsp3) is 0.733. The van der Waals surface area contributed by atoms with E-state index in [0.717, 1.165) is 25.6 Å². The smallest absolute Gasteiger partial charge is 0.0587 e. The standard InChI is InChI=1S/C15H27NOS/c1-4-14-7-8-15(18-14)6-5-13(2)9-10-16-11-12-17-3/h7-8,13,16H,4-6,9-12H2,1-3H3. The predicted octanol–water partition coefficient (Wildman–Crippen LogP) is 3.51. The van der Waals surface area contributed by atoms with Gasteiger partial charge in [0.05, 0.1) is 6.61 Å². The molecule has 104 valence electrons. The molecule has 1 aromatic heterocycles. The van der Waals surface area contributed by atoms with E-state index >= 15 is 0 Å². The van der Waals surface area contributed by atoms with Crippen LogP contribution in [0.15, 0.2) is 12.1 Å². The average molecular weight is 269 g/mol. The molecule has 0 saturated carbocycles. The molecule has 1 aromatic rings. The maximum Gasteiger partial charge on any atom is 0.0587 e. The Hall–Kier alpha value is -0.380. The van der Waals surface area contributed by atoms with Gasteiger partial charge in [0.2, 0.25) is 0 Å². The Balaban J connectivity index is 2.07. The molecular formula is C15H27NOS. The van der Waals surface area contributed by atoms with Gasteiger partial charge in [-0.15, -0.1) is 11.3 Å². The van der Waals surface area contributed by atoms with Crippen molar-refractivity contribution in [3.05, 3.63) is 21.9 Å². The Labute approximate surface area is 116 Å². The van der Waals surface area contributed by atoms with E-state index in [1.807, 2.05) is 11.3 Å². The second-order valence-electron chi connectivity index (χ2n) is 4.90. The monoisotopic (exact) mass is 269 g/mol. The van der Waals surface area contributed by atoms with Crippen molar-refractivity contribution in [1.29, 1.82) is 0 Å². The van der Waals surface area contributed by atoms with Crippen molar-refractivity contribution in [2.75, 3.05) is 26.8 Å². The van der Waals surface area contributed by atoms with Crippen LogP contribution >= 0.6 is 11.3 Å². The van der Waals surface area contributed by atoms with Crippen LogP contribution in [-0.2, 0) is 17.6 Å². The Kier molecular flexibility index (Phi) is 8.31. The van der Waals surface area contributed by atoms with Crippen LogP contribution in [0.1, 0.15) is 36.4 Å². The Bertz CT molecular complexity index is 311. The Morgan fingerprint density at radius 1 is 1.22 bits per heavy atom. The molecular weight excluding hydrogens is 242 g/mol. The molecule has 0 aromatic carbocycles.